The van der Waals surface area contributed by atoms with Gasteiger partial charge in [0.25, 0.3) is 5.91 Å². The summed E-state index contributed by atoms with van der Waals surface area (Å²) in [5, 5.41) is 4.16. The number of nitrogens with one attached hydrogen (secondary N) is 1. The molecule has 2 rings (SSSR count). The van der Waals surface area contributed by atoms with Gasteiger partial charge in [0, 0.05) is 0 Å². The normalized spacial score (nSPS) is 26.2. The third-order valence-electron chi connectivity index (χ3n) is 2.13. The van der Waals surface area contributed by atoms with Gasteiger partial charge >= 0.3 is 0 Å². The van der Waals surface area contributed by atoms with Crippen molar-refractivity contribution in [3.05, 3.63) is 33.5 Å². The zero-order chi connectivity index (χ0) is 11.8. The van der Waals surface area contributed by atoms with Gasteiger partial charge in [0.2, 0.25) is 0 Å². The lowest BCUT2D eigenvalue weighted by Gasteiger charge is -2.06. The lowest BCUT2D eigenvalue weighted by Crippen LogP contribution is -2.11. The van der Waals surface area contributed by atoms with Gasteiger partial charge in [-0.3, -0.25) is 4.79 Å². The summed E-state index contributed by atoms with van der Waals surface area (Å²) in [5.41, 5.74) is 5.98. The SMILES string of the molecule is CS1(N=O)C=C1C(=O)Nc1ccc(N)cn1. The van der Waals surface area contributed by atoms with Gasteiger partial charge in [-0.25, -0.2) is 4.98 Å². The first-order valence-electron chi connectivity index (χ1n) is 4.43. The zero-order valence-corrected chi connectivity index (χ0v) is 9.32. The molecule has 0 aromatic carbocycles. The van der Waals surface area contributed by atoms with Crippen molar-refractivity contribution < 1.29 is 4.79 Å². The van der Waals surface area contributed by atoms with Crippen LogP contribution in [0.4, 0.5) is 11.5 Å². The summed E-state index contributed by atoms with van der Waals surface area (Å²) in [6, 6.07) is 3.23. The molecule has 7 heteroatoms. The summed E-state index contributed by atoms with van der Waals surface area (Å²) in [7, 11) is -1.78. The molecule has 0 fully saturated rings. The summed E-state index contributed by atoms with van der Waals surface area (Å²) < 4.78 is 2.93. The fourth-order valence-corrected chi connectivity index (χ4v) is 2.59. The molecule has 1 aliphatic heterocycles. The summed E-state index contributed by atoms with van der Waals surface area (Å²) in [5.74, 6) is 0.0778. The molecule has 1 aromatic heterocycles. The van der Waals surface area contributed by atoms with E-state index in [-0.39, 0.29) is 5.91 Å². The molecule has 1 amide bonds. The van der Waals surface area contributed by atoms with Crippen LogP contribution in [0.15, 0.2) is 33.2 Å². The Kier molecular flexibility index (Phi) is 2.39. The highest BCUT2D eigenvalue weighted by Gasteiger charge is 2.41. The summed E-state index contributed by atoms with van der Waals surface area (Å²) in [6.07, 6.45) is 3.10. The maximum absolute atomic E-state index is 11.6. The second kappa shape index (κ2) is 3.60. The first-order valence-corrected chi connectivity index (χ1v) is 6.49. The van der Waals surface area contributed by atoms with Crippen molar-refractivity contribution in [1.29, 1.82) is 0 Å². The van der Waals surface area contributed by atoms with Crippen LogP contribution in [0.25, 0.3) is 0 Å². The Labute approximate surface area is 93.4 Å². The topological polar surface area (TPSA) is 97.4 Å². The number of aromatic nitrogens is 1. The molecule has 0 spiro atoms. The van der Waals surface area contributed by atoms with Crippen molar-refractivity contribution in [2.45, 2.75) is 0 Å². The number of rotatable bonds is 3. The molecule has 1 unspecified atom stereocenters. The molecule has 1 aliphatic rings. The molecule has 0 saturated carbocycles. The van der Waals surface area contributed by atoms with E-state index in [9.17, 15) is 9.70 Å². The zero-order valence-electron chi connectivity index (χ0n) is 8.51. The molecule has 2 heterocycles. The number of hydrogen-bond acceptors (Lipinski definition) is 5. The van der Waals surface area contributed by atoms with E-state index in [4.69, 9.17) is 5.73 Å². The molecule has 1 atom stereocenters. The highest BCUT2D eigenvalue weighted by Crippen LogP contribution is 2.68. The molecule has 1 aromatic rings. The minimum atomic E-state index is -1.78. The molecular weight excluding hydrogens is 228 g/mol. The van der Waals surface area contributed by atoms with Crippen LogP contribution in [0.1, 0.15) is 0 Å². The maximum atomic E-state index is 11.6. The Hall–Kier alpha value is -1.89. The Morgan fingerprint density at radius 2 is 2.31 bits per heavy atom. The quantitative estimate of drug-likeness (QED) is 0.781. The number of anilines is 2. The Morgan fingerprint density at radius 3 is 2.81 bits per heavy atom. The van der Waals surface area contributed by atoms with E-state index < -0.39 is 10.2 Å². The average Bonchev–Trinajstić information content (AvgIpc) is 2.95. The van der Waals surface area contributed by atoms with Gasteiger partial charge in [-0.15, -0.1) is 4.91 Å². The fraction of sp³-hybridized carbons (Fsp3) is 0.111. The van der Waals surface area contributed by atoms with Crippen molar-refractivity contribution in [2.24, 2.45) is 4.58 Å². The van der Waals surface area contributed by atoms with Gasteiger partial charge in [-0.1, -0.05) is 10.2 Å². The number of pyridine rings is 1. The van der Waals surface area contributed by atoms with Gasteiger partial charge in [0.1, 0.15) is 5.82 Å². The number of nitrogens with zero attached hydrogens (tertiary/aromatic N) is 2. The van der Waals surface area contributed by atoms with Crippen molar-refractivity contribution in [1.82, 2.24) is 4.98 Å². The third-order valence-corrected chi connectivity index (χ3v) is 4.08. The molecule has 3 N–H and O–H groups in total. The molecular formula is C9H10N4O2S. The fourth-order valence-electron chi connectivity index (χ4n) is 1.14. The third kappa shape index (κ3) is 1.89. The van der Waals surface area contributed by atoms with Gasteiger partial charge < -0.3 is 11.1 Å². The van der Waals surface area contributed by atoms with E-state index in [1.165, 1.54) is 6.20 Å². The largest absolute Gasteiger partial charge is 0.397 e. The number of hydrogen-bond donors (Lipinski definition) is 2. The number of amides is 1. The van der Waals surface area contributed by atoms with Crippen molar-refractivity contribution >= 4 is 27.6 Å². The molecule has 16 heavy (non-hydrogen) atoms. The number of nitrogen functional groups attached to an aromatic ring is 1. The Bertz CT molecular complexity index is 485. The van der Waals surface area contributed by atoms with Crippen molar-refractivity contribution in [3.8, 4) is 0 Å². The summed E-state index contributed by atoms with van der Waals surface area (Å²) >= 11 is 0. The van der Waals surface area contributed by atoms with Crippen LogP contribution in [0.2, 0.25) is 0 Å². The standard InChI is InChI=1S/C9H10N4O2S/c1-16(13-15)5-7(16)9(14)12-8-3-2-6(10)4-11-8/h2-5H,10H2,1H3,(H,11,12,14). The lowest BCUT2D eigenvalue weighted by molar-refractivity contribution is -0.112. The van der Waals surface area contributed by atoms with E-state index in [0.29, 0.717) is 16.4 Å². The number of nitroso groups, excluding NO2 is 1. The minimum Gasteiger partial charge on any atom is -0.397 e. The predicted molar refractivity (Wildman–Crippen MR) is 64.7 cm³/mol. The molecule has 6 nitrogen and oxygen atoms in total. The average molecular weight is 238 g/mol. The van der Waals surface area contributed by atoms with Crippen LogP contribution < -0.4 is 11.1 Å². The van der Waals surface area contributed by atoms with Crippen molar-refractivity contribution in [3.63, 3.8) is 0 Å². The summed E-state index contributed by atoms with van der Waals surface area (Å²) in [4.78, 5) is 26.4. The van der Waals surface area contributed by atoms with Crippen LogP contribution in [0.5, 0.6) is 0 Å². The predicted octanol–water partition coefficient (Wildman–Crippen LogP) is 1.57. The van der Waals surface area contributed by atoms with Gasteiger partial charge in [0.15, 0.2) is 0 Å². The minimum absolute atomic E-state index is 0.325. The van der Waals surface area contributed by atoms with E-state index in [1.807, 2.05) is 0 Å². The highest BCUT2D eigenvalue weighted by molar-refractivity contribution is 8.43. The van der Waals surface area contributed by atoms with E-state index in [0.717, 1.165) is 0 Å². The summed E-state index contributed by atoms with van der Waals surface area (Å²) in [6.45, 7) is 0. The number of carbonyl (C=O) groups is 1. The van der Waals surface area contributed by atoms with Crippen LogP contribution in [-0.2, 0) is 4.79 Å². The number of carbonyl (C=O) groups excluding carboxylic acids is 1. The van der Waals surface area contributed by atoms with Crippen LogP contribution in [0, 0.1) is 4.91 Å². The second-order valence-corrected chi connectivity index (χ2v) is 6.12. The lowest BCUT2D eigenvalue weighted by atomic mass is 10.4. The second-order valence-electron chi connectivity index (χ2n) is 3.42. The molecule has 0 bridgehead atoms. The Morgan fingerprint density at radius 1 is 1.56 bits per heavy atom. The smallest absolute Gasteiger partial charge is 0.264 e. The van der Waals surface area contributed by atoms with Crippen LogP contribution >= 0.6 is 10.2 Å². The first-order chi connectivity index (χ1) is 7.55. The van der Waals surface area contributed by atoms with Gasteiger partial charge in [-0.2, -0.15) is 0 Å². The molecule has 0 aliphatic carbocycles. The van der Waals surface area contributed by atoms with Crippen LogP contribution in [-0.4, -0.2) is 17.1 Å². The molecule has 0 saturated heterocycles. The molecule has 0 radical (unpaired) electrons. The first kappa shape index (κ1) is 10.6. The Balaban J connectivity index is 2.02. The maximum Gasteiger partial charge on any atom is 0.264 e. The number of nitrogens with two attached hydrogens (primary N) is 1. The monoisotopic (exact) mass is 238 g/mol. The van der Waals surface area contributed by atoms with Gasteiger partial charge in [-0.05, 0) is 28.4 Å². The molecule has 84 valence electrons. The van der Waals surface area contributed by atoms with Gasteiger partial charge in [0.05, 0.1) is 16.8 Å². The van der Waals surface area contributed by atoms with E-state index in [2.05, 4.69) is 14.9 Å². The van der Waals surface area contributed by atoms with Crippen LogP contribution in [0.3, 0.4) is 0 Å². The van der Waals surface area contributed by atoms with E-state index in [1.54, 1.807) is 23.8 Å². The van der Waals surface area contributed by atoms with E-state index >= 15 is 0 Å². The van der Waals surface area contributed by atoms with Crippen molar-refractivity contribution in [2.75, 3.05) is 17.3 Å². The highest BCUT2D eigenvalue weighted by atomic mass is 32.3.